The summed E-state index contributed by atoms with van der Waals surface area (Å²) in [6.07, 6.45) is 4.86. The maximum Gasteiger partial charge on any atom is 0.274 e. The smallest absolute Gasteiger partial charge is 0.274 e. The minimum Gasteiger partial charge on any atom is -0.353 e. The Hall–Kier alpha value is -2.68. The van der Waals surface area contributed by atoms with Gasteiger partial charge in [-0.15, -0.1) is 10.2 Å². The summed E-state index contributed by atoms with van der Waals surface area (Å²) in [5, 5.41) is 16.0. The average molecular weight is 398 g/mol. The molecule has 1 amide bonds. The van der Waals surface area contributed by atoms with E-state index in [0.717, 1.165) is 24.0 Å². The second kappa shape index (κ2) is 8.14. The van der Waals surface area contributed by atoms with Gasteiger partial charge in [0.05, 0.1) is 5.75 Å². The van der Waals surface area contributed by atoms with Gasteiger partial charge in [0, 0.05) is 12.5 Å². The molecule has 2 aromatic heterocycles. The van der Waals surface area contributed by atoms with Gasteiger partial charge in [0.1, 0.15) is 5.69 Å². The molecule has 1 aliphatic carbocycles. The number of benzene rings is 1. The molecule has 0 atom stereocenters. The van der Waals surface area contributed by atoms with Crippen LogP contribution in [-0.2, 0) is 11.2 Å². The van der Waals surface area contributed by atoms with E-state index in [2.05, 4.69) is 25.6 Å². The fraction of sp³-hybridized carbons (Fsp3) is 0.421. The highest BCUT2D eigenvalue weighted by molar-refractivity contribution is 7.99. The van der Waals surface area contributed by atoms with Gasteiger partial charge in [0.25, 0.3) is 11.3 Å². The highest BCUT2D eigenvalue weighted by atomic mass is 32.2. The van der Waals surface area contributed by atoms with Crippen LogP contribution in [0.15, 0.2) is 34.2 Å². The van der Waals surface area contributed by atoms with E-state index in [1.165, 1.54) is 29.1 Å². The molecule has 1 saturated carbocycles. The topological polar surface area (TPSA) is 105 Å². The van der Waals surface area contributed by atoms with Gasteiger partial charge >= 0.3 is 0 Å². The molecule has 8 nitrogen and oxygen atoms in total. The molecule has 0 radical (unpaired) electrons. The summed E-state index contributed by atoms with van der Waals surface area (Å²) in [5.41, 5.74) is 2.26. The molecule has 3 aromatic rings. The summed E-state index contributed by atoms with van der Waals surface area (Å²) in [6, 6.07) is 8.26. The van der Waals surface area contributed by atoms with Crippen LogP contribution in [0.5, 0.6) is 0 Å². The summed E-state index contributed by atoms with van der Waals surface area (Å²) in [5.74, 6) is 0.500. The van der Waals surface area contributed by atoms with Crippen LogP contribution in [0.25, 0.3) is 5.78 Å². The Balaban J connectivity index is 1.49. The van der Waals surface area contributed by atoms with Gasteiger partial charge in [-0.25, -0.2) is 0 Å². The van der Waals surface area contributed by atoms with E-state index in [9.17, 15) is 9.59 Å². The number of hydrogen-bond donors (Lipinski definition) is 2. The maximum atomic E-state index is 12.3. The van der Waals surface area contributed by atoms with Gasteiger partial charge in [0.15, 0.2) is 0 Å². The van der Waals surface area contributed by atoms with Crippen molar-refractivity contribution in [3.63, 3.8) is 0 Å². The van der Waals surface area contributed by atoms with Crippen LogP contribution in [0, 0.1) is 6.92 Å². The second-order valence-corrected chi connectivity index (χ2v) is 8.06. The summed E-state index contributed by atoms with van der Waals surface area (Å²) in [4.78, 5) is 27.2. The number of amides is 1. The minimum atomic E-state index is -0.281. The van der Waals surface area contributed by atoms with E-state index in [1.807, 2.05) is 31.2 Å². The van der Waals surface area contributed by atoms with Gasteiger partial charge in [-0.05, 0) is 25.3 Å². The number of nitrogens with one attached hydrogen (secondary N) is 2. The third kappa shape index (κ3) is 4.24. The molecule has 0 spiro atoms. The number of aryl methyl sites for hydroxylation is 1. The Morgan fingerprint density at radius 3 is 2.75 bits per heavy atom. The fourth-order valence-electron chi connectivity index (χ4n) is 3.35. The molecule has 0 saturated heterocycles. The standard InChI is InChI=1S/C19H22N6O2S/c1-12-6-8-13(9-7-12)10-15-17(27)21-18-22-23-19(25(18)24-15)28-11-16(26)20-14-4-2-3-5-14/h6-9,14H,2-5,10-11H2,1H3,(H,20,26)(H,21,22,27). The molecule has 1 fully saturated rings. The van der Waals surface area contributed by atoms with Crippen LogP contribution in [0.4, 0.5) is 0 Å². The van der Waals surface area contributed by atoms with E-state index in [-0.39, 0.29) is 23.0 Å². The summed E-state index contributed by atoms with van der Waals surface area (Å²) < 4.78 is 1.50. The monoisotopic (exact) mass is 398 g/mol. The zero-order chi connectivity index (χ0) is 19.5. The molecule has 2 heterocycles. The number of carbonyl (C=O) groups excluding carboxylic acids is 1. The number of aromatic amines is 1. The fourth-order valence-corrected chi connectivity index (χ4v) is 4.04. The number of thioether (sulfide) groups is 1. The van der Waals surface area contributed by atoms with Crippen molar-refractivity contribution >= 4 is 23.4 Å². The molecule has 28 heavy (non-hydrogen) atoms. The second-order valence-electron chi connectivity index (χ2n) is 7.12. The van der Waals surface area contributed by atoms with Crippen LogP contribution in [0.3, 0.4) is 0 Å². The first-order chi connectivity index (χ1) is 13.6. The molecule has 0 aliphatic heterocycles. The van der Waals surface area contributed by atoms with E-state index in [4.69, 9.17) is 0 Å². The van der Waals surface area contributed by atoms with Gasteiger partial charge in [-0.1, -0.05) is 54.4 Å². The van der Waals surface area contributed by atoms with E-state index >= 15 is 0 Å². The molecule has 1 aliphatic rings. The van der Waals surface area contributed by atoms with Gasteiger partial charge < -0.3 is 5.32 Å². The average Bonchev–Trinajstić information content (AvgIpc) is 3.32. The van der Waals surface area contributed by atoms with Gasteiger partial charge in [0.2, 0.25) is 11.1 Å². The largest absolute Gasteiger partial charge is 0.353 e. The maximum absolute atomic E-state index is 12.3. The number of carbonyl (C=O) groups is 1. The van der Waals surface area contributed by atoms with Crippen LogP contribution >= 0.6 is 11.8 Å². The minimum absolute atomic E-state index is 0.0158. The molecule has 4 rings (SSSR count). The zero-order valence-corrected chi connectivity index (χ0v) is 16.5. The molecule has 9 heteroatoms. The Labute approximate surface area is 166 Å². The van der Waals surface area contributed by atoms with Gasteiger partial charge in [-0.2, -0.15) is 9.61 Å². The van der Waals surface area contributed by atoms with Gasteiger partial charge in [-0.3, -0.25) is 14.6 Å². The zero-order valence-electron chi connectivity index (χ0n) is 15.6. The first-order valence-electron chi connectivity index (χ1n) is 9.41. The normalized spacial score (nSPS) is 14.6. The molecule has 1 aromatic carbocycles. The lowest BCUT2D eigenvalue weighted by atomic mass is 10.1. The van der Waals surface area contributed by atoms with Crippen molar-refractivity contribution in [3.8, 4) is 0 Å². The van der Waals surface area contributed by atoms with Crippen molar-refractivity contribution in [1.29, 1.82) is 0 Å². The quantitative estimate of drug-likeness (QED) is 0.614. The Morgan fingerprint density at radius 2 is 2.00 bits per heavy atom. The number of H-pyrrole nitrogens is 1. The molecule has 0 unspecified atom stereocenters. The van der Waals surface area contributed by atoms with Crippen LogP contribution in [0.2, 0.25) is 0 Å². The van der Waals surface area contributed by atoms with E-state index < -0.39 is 0 Å². The lowest BCUT2D eigenvalue weighted by molar-refractivity contribution is -0.119. The Kier molecular flexibility index (Phi) is 5.43. The lowest BCUT2D eigenvalue weighted by Crippen LogP contribution is -2.33. The van der Waals surface area contributed by atoms with Crippen LogP contribution in [0.1, 0.15) is 42.5 Å². The third-order valence-corrected chi connectivity index (χ3v) is 5.78. The van der Waals surface area contributed by atoms with Crippen LogP contribution in [-0.4, -0.2) is 42.5 Å². The highest BCUT2D eigenvalue weighted by Crippen LogP contribution is 2.19. The molecule has 146 valence electrons. The number of hydrogen-bond acceptors (Lipinski definition) is 6. The third-order valence-electron chi connectivity index (χ3n) is 4.87. The summed E-state index contributed by atoms with van der Waals surface area (Å²) >= 11 is 1.26. The van der Waals surface area contributed by atoms with E-state index in [0.29, 0.717) is 23.3 Å². The number of aromatic nitrogens is 5. The van der Waals surface area contributed by atoms with E-state index in [1.54, 1.807) is 0 Å². The molecule has 0 bridgehead atoms. The highest BCUT2D eigenvalue weighted by Gasteiger charge is 2.18. The predicted octanol–water partition coefficient (Wildman–Crippen LogP) is 1.86. The number of nitrogens with zero attached hydrogens (tertiary/aromatic N) is 4. The van der Waals surface area contributed by atoms with Crippen molar-refractivity contribution in [2.45, 2.75) is 50.2 Å². The number of rotatable bonds is 6. The van der Waals surface area contributed by atoms with Crippen LogP contribution < -0.4 is 10.9 Å². The molecule has 2 N–H and O–H groups in total. The van der Waals surface area contributed by atoms with Crippen molar-refractivity contribution in [3.05, 3.63) is 51.4 Å². The molecular weight excluding hydrogens is 376 g/mol. The van der Waals surface area contributed by atoms with Crippen molar-refractivity contribution in [1.82, 2.24) is 30.1 Å². The van der Waals surface area contributed by atoms with Crippen molar-refractivity contribution < 1.29 is 4.79 Å². The lowest BCUT2D eigenvalue weighted by Gasteiger charge is -2.10. The summed E-state index contributed by atoms with van der Waals surface area (Å²) in [7, 11) is 0. The predicted molar refractivity (Wildman–Crippen MR) is 107 cm³/mol. The molecular formula is C19H22N6O2S. The SMILES string of the molecule is Cc1ccc(Cc2nn3c(SCC(=O)NC4CCCC4)nnc3[nH]c2=O)cc1. The van der Waals surface area contributed by atoms with Crippen molar-refractivity contribution in [2.24, 2.45) is 0 Å². The number of fused-ring (bicyclic) bond motifs is 1. The van der Waals surface area contributed by atoms with Crippen molar-refractivity contribution in [2.75, 3.05) is 5.75 Å². The Bertz CT molecular complexity index is 1040. The Morgan fingerprint density at radius 1 is 1.25 bits per heavy atom. The first kappa shape index (κ1) is 18.7. The first-order valence-corrected chi connectivity index (χ1v) is 10.4. The summed E-state index contributed by atoms with van der Waals surface area (Å²) in [6.45, 7) is 2.02.